The molecule has 1 aromatic rings. The maximum Gasteiger partial charge on any atom is 0.323 e. The van der Waals surface area contributed by atoms with Crippen LogP contribution < -0.4 is 0 Å². The van der Waals surface area contributed by atoms with Gasteiger partial charge in [-0.2, -0.15) is 0 Å². The summed E-state index contributed by atoms with van der Waals surface area (Å²) >= 11 is 0. The van der Waals surface area contributed by atoms with Crippen LogP contribution in [0.2, 0.25) is 0 Å². The van der Waals surface area contributed by atoms with E-state index in [1.54, 1.807) is 24.3 Å². The quantitative estimate of drug-likeness (QED) is 0.833. The van der Waals surface area contributed by atoms with Crippen molar-refractivity contribution in [1.82, 2.24) is 4.90 Å². The first-order chi connectivity index (χ1) is 8.00. The third kappa shape index (κ3) is 4.06. The Kier molecular flexibility index (Phi) is 4.39. The molecule has 5 heteroatoms. The van der Waals surface area contributed by atoms with E-state index in [0.29, 0.717) is 0 Å². The summed E-state index contributed by atoms with van der Waals surface area (Å²) in [5.74, 6) is -2.28. The van der Waals surface area contributed by atoms with Crippen LogP contribution in [-0.2, 0) is 20.8 Å². The highest BCUT2D eigenvalue weighted by Crippen LogP contribution is 2.03. The standard InChI is InChI=1S/C12H13NO4/c1-9(14)13(8-12(16)17)11(15)7-10-5-3-2-4-6-10/h2-6H,7-8H2,1H3,(H,16,17). The van der Waals surface area contributed by atoms with Gasteiger partial charge in [-0.05, 0) is 5.56 Å². The van der Waals surface area contributed by atoms with Crippen molar-refractivity contribution >= 4 is 17.8 Å². The van der Waals surface area contributed by atoms with Gasteiger partial charge in [0.25, 0.3) is 0 Å². The number of carbonyl (C=O) groups is 3. The van der Waals surface area contributed by atoms with Gasteiger partial charge < -0.3 is 5.11 Å². The summed E-state index contributed by atoms with van der Waals surface area (Å²) in [4.78, 5) is 34.1. The lowest BCUT2D eigenvalue weighted by Gasteiger charge is -2.16. The molecule has 0 aliphatic rings. The predicted molar refractivity (Wildman–Crippen MR) is 60.2 cm³/mol. The number of hydrogen-bond donors (Lipinski definition) is 1. The molecule has 0 spiro atoms. The molecule has 1 N–H and O–H groups in total. The lowest BCUT2D eigenvalue weighted by molar-refractivity contribution is -0.151. The molecule has 2 amide bonds. The zero-order valence-corrected chi connectivity index (χ0v) is 9.42. The first kappa shape index (κ1) is 12.9. The molecule has 0 fully saturated rings. The fraction of sp³-hybridized carbons (Fsp3) is 0.250. The number of rotatable bonds is 4. The number of hydrogen-bond acceptors (Lipinski definition) is 3. The van der Waals surface area contributed by atoms with Gasteiger partial charge in [0, 0.05) is 6.92 Å². The van der Waals surface area contributed by atoms with Crippen LogP contribution in [0.15, 0.2) is 30.3 Å². The molecule has 0 radical (unpaired) electrons. The third-order valence-electron chi connectivity index (χ3n) is 2.17. The summed E-state index contributed by atoms with van der Waals surface area (Å²) < 4.78 is 0. The Labute approximate surface area is 98.7 Å². The highest BCUT2D eigenvalue weighted by atomic mass is 16.4. The largest absolute Gasteiger partial charge is 0.480 e. The Morgan fingerprint density at radius 1 is 1.18 bits per heavy atom. The Balaban J connectivity index is 2.72. The first-order valence-corrected chi connectivity index (χ1v) is 5.07. The molecule has 17 heavy (non-hydrogen) atoms. The van der Waals surface area contributed by atoms with Crippen molar-refractivity contribution in [2.24, 2.45) is 0 Å². The summed E-state index contributed by atoms with van der Waals surface area (Å²) in [6.45, 7) is 0.576. The van der Waals surface area contributed by atoms with Crippen molar-refractivity contribution in [3.8, 4) is 0 Å². The minimum Gasteiger partial charge on any atom is -0.480 e. The topological polar surface area (TPSA) is 74.7 Å². The normalized spacial score (nSPS) is 9.71. The highest BCUT2D eigenvalue weighted by molar-refractivity contribution is 5.97. The summed E-state index contributed by atoms with van der Waals surface area (Å²) in [5, 5.41) is 8.60. The average Bonchev–Trinajstić information content (AvgIpc) is 2.26. The molecule has 90 valence electrons. The van der Waals surface area contributed by atoms with E-state index in [1.165, 1.54) is 6.92 Å². The van der Waals surface area contributed by atoms with Gasteiger partial charge in [-0.15, -0.1) is 0 Å². The Morgan fingerprint density at radius 3 is 2.24 bits per heavy atom. The molecule has 0 unspecified atom stereocenters. The number of nitrogens with zero attached hydrogens (tertiary/aromatic N) is 1. The van der Waals surface area contributed by atoms with Crippen LogP contribution in [0, 0.1) is 0 Å². The Morgan fingerprint density at radius 2 is 1.76 bits per heavy atom. The van der Waals surface area contributed by atoms with Gasteiger partial charge in [0.15, 0.2) is 0 Å². The van der Waals surface area contributed by atoms with Gasteiger partial charge >= 0.3 is 5.97 Å². The zero-order valence-electron chi connectivity index (χ0n) is 9.42. The van der Waals surface area contributed by atoms with Crippen molar-refractivity contribution in [2.45, 2.75) is 13.3 Å². The minimum absolute atomic E-state index is 0.0215. The molecule has 0 aliphatic heterocycles. The number of carboxylic acid groups (broad SMARTS) is 1. The molecule has 0 aliphatic carbocycles. The lowest BCUT2D eigenvalue weighted by Crippen LogP contribution is -2.40. The number of imide groups is 1. The van der Waals surface area contributed by atoms with Crippen LogP contribution in [-0.4, -0.2) is 34.3 Å². The van der Waals surface area contributed by atoms with Crippen molar-refractivity contribution in [3.63, 3.8) is 0 Å². The number of aliphatic carboxylic acids is 1. The monoisotopic (exact) mass is 235 g/mol. The molecule has 0 bridgehead atoms. The van der Waals surface area contributed by atoms with E-state index < -0.39 is 24.3 Å². The van der Waals surface area contributed by atoms with E-state index in [1.807, 2.05) is 6.07 Å². The van der Waals surface area contributed by atoms with Gasteiger partial charge in [0.05, 0.1) is 6.42 Å². The molecule has 5 nitrogen and oxygen atoms in total. The fourth-order valence-corrected chi connectivity index (χ4v) is 1.38. The first-order valence-electron chi connectivity index (χ1n) is 5.07. The van der Waals surface area contributed by atoms with Crippen LogP contribution >= 0.6 is 0 Å². The minimum atomic E-state index is -1.21. The molecule has 0 saturated carbocycles. The Hall–Kier alpha value is -2.17. The van der Waals surface area contributed by atoms with Crippen LogP contribution in [0.4, 0.5) is 0 Å². The van der Waals surface area contributed by atoms with E-state index in [-0.39, 0.29) is 6.42 Å². The molecular weight excluding hydrogens is 222 g/mol. The SMILES string of the molecule is CC(=O)N(CC(=O)O)C(=O)Cc1ccccc1. The molecule has 1 aromatic carbocycles. The van der Waals surface area contributed by atoms with Crippen molar-refractivity contribution in [1.29, 1.82) is 0 Å². The van der Waals surface area contributed by atoms with E-state index in [2.05, 4.69) is 0 Å². The molecular formula is C12H13NO4. The number of carbonyl (C=O) groups excluding carboxylic acids is 2. The van der Waals surface area contributed by atoms with Gasteiger partial charge in [0.1, 0.15) is 6.54 Å². The summed E-state index contributed by atoms with van der Waals surface area (Å²) in [6, 6.07) is 8.86. The maximum absolute atomic E-state index is 11.7. The summed E-state index contributed by atoms with van der Waals surface area (Å²) in [6.07, 6.45) is 0.0215. The number of carboxylic acids is 1. The molecule has 0 atom stereocenters. The predicted octanol–water partition coefficient (Wildman–Crippen LogP) is 0.689. The van der Waals surface area contributed by atoms with Crippen LogP contribution in [0.1, 0.15) is 12.5 Å². The Bertz CT molecular complexity index is 427. The highest BCUT2D eigenvalue weighted by Gasteiger charge is 2.20. The van der Waals surface area contributed by atoms with Crippen molar-refractivity contribution in [3.05, 3.63) is 35.9 Å². The second-order valence-electron chi connectivity index (χ2n) is 3.56. The van der Waals surface area contributed by atoms with E-state index in [0.717, 1.165) is 10.5 Å². The van der Waals surface area contributed by atoms with Gasteiger partial charge in [-0.25, -0.2) is 0 Å². The lowest BCUT2D eigenvalue weighted by atomic mass is 10.1. The second-order valence-corrected chi connectivity index (χ2v) is 3.56. The average molecular weight is 235 g/mol. The molecule has 0 saturated heterocycles. The van der Waals surface area contributed by atoms with Crippen molar-refractivity contribution < 1.29 is 19.5 Å². The fourth-order valence-electron chi connectivity index (χ4n) is 1.38. The van der Waals surface area contributed by atoms with Gasteiger partial charge in [-0.3, -0.25) is 19.3 Å². The van der Waals surface area contributed by atoms with E-state index >= 15 is 0 Å². The van der Waals surface area contributed by atoms with Crippen LogP contribution in [0.25, 0.3) is 0 Å². The molecule has 1 rings (SSSR count). The summed E-state index contributed by atoms with van der Waals surface area (Å²) in [7, 11) is 0. The van der Waals surface area contributed by atoms with Crippen LogP contribution in [0.5, 0.6) is 0 Å². The van der Waals surface area contributed by atoms with Gasteiger partial charge in [0.2, 0.25) is 11.8 Å². The molecule has 0 heterocycles. The van der Waals surface area contributed by atoms with Crippen molar-refractivity contribution in [2.75, 3.05) is 6.54 Å². The van der Waals surface area contributed by atoms with Crippen LogP contribution in [0.3, 0.4) is 0 Å². The number of benzene rings is 1. The summed E-state index contributed by atoms with van der Waals surface area (Å²) in [5.41, 5.74) is 0.745. The van der Waals surface area contributed by atoms with E-state index in [4.69, 9.17) is 5.11 Å². The third-order valence-corrected chi connectivity index (χ3v) is 2.17. The maximum atomic E-state index is 11.7. The van der Waals surface area contributed by atoms with E-state index in [9.17, 15) is 14.4 Å². The van der Waals surface area contributed by atoms with Gasteiger partial charge in [-0.1, -0.05) is 30.3 Å². The zero-order chi connectivity index (χ0) is 12.8. The molecule has 0 aromatic heterocycles. The smallest absolute Gasteiger partial charge is 0.323 e. The number of amides is 2. The second kappa shape index (κ2) is 5.79.